The van der Waals surface area contributed by atoms with E-state index in [9.17, 15) is 18.0 Å². The van der Waals surface area contributed by atoms with Gasteiger partial charge in [0.1, 0.15) is 6.54 Å². The number of anilines is 1. The molecule has 5 rings (SSSR count). The van der Waals surface area contributed by atoms with Gasteiger partial charge in [-0.05, 0) is 50.1 Å². The van der Waals surface area contributed by atoms with Crippen molar-refractivity contribution in [1.82, 2.24) is 18.4 Å². The molecule has 0 spiro atoms. The van der Waals surface area contributed by atoms with Crippen molar-refractivity contribution in [3.8, 4) is 0 Å². The van der Waals surface area contributed by atoms with Crippen molar-refractivity contribution in [2.75, 3.05) is 18.4 Å². The minimum Gasteiger partial charge on any atom is -0.300 e. The van der Waals surface area contributed by atoms with Gasteiger partial charge in [0, 0.05) is 19.6 Å². The molecule has 1 aliphatic rings. The molecule has 3 heterocycles. The number of amides is 1. The molecular formula is C22H23N5O4S2. The highest BCUT2D eigenvalue weighted by Crippen LogP contribution is 2.30. The molecule has 0 unspecified atom stereocenters. The number of sulfonamides is 1. The number of nitrogens with zero attached hydrogens (tertiary/aromatic N) is 4. The number of nitrogens with one attached hydrogen (secondary N) is 1. The lowest BCUT2D eigenvalue weighted by molar-refractivity contribution is -0.116. The normalized spacial score (nSPS) is 14.9. The van der Waals surface area contributed by atoms with E-state index in [1.165, 1.54) is 20.2 Å². The van der Waals surface area contributed by atoms with Crippen molar-refractivity contribution in [3.63, 3.8) is 0 Å². The largest absolute Gasteiger partial charge is 0.329 e. The standard InChI is InChI=1S/C22H23N5O4S2/c1-2-26-17-7-3-4-8-18(17)27(22(26)29)14-20(28)24-21-23-16-10-9-15(13-19(16)32-21)33(30,31)25-11-5-6-12-25/h3-4,7-10,13H,2,5-6,11-12,14H2,1H3,(H,23,24,28). The Balaban J connectivity index is 1.39. The van der Waals surface area contributed by atoms with Gasteiger partial charge in [-0.1, -0.05) is 23.5 Å². The van der Waals surface area contributed by atoms with Gasteiger partial charge in [0.2, 0.25) is 15.9 Å². The summed E-state index contributed by atoms with van der Waals surface area (Å²) in [6, 6.07) is 12.2. The number of rotatable bonds is 6. The SMILES string of the molecule is CCn1c(=O)n(CC(=O)Nc2nc3ccc(S(=O)(=O)N4CCCC4)cc3s2)c2ccccc21. The molecule has 1 amide bonds. The average Bonchev–Trinajstić information content (AvgIpc) is 3.52. The topological polar surface area (TPSA) is 106 Å². The Morgan fingerprint density at radius 1 is 1.09 bits per heavy atom. The van der Waals surface area contributed by atoms with Gasteiger partial charge in [-0.3, -0.25) is 13.9 Å². The van der Waals surface area contributed by atoms with Crippen molar-refractivity contribution < 1.29 is 13.2 Å². The van der Waals surface area contributed by atoms with Crippen LogP contribution >= 0.6 is 11.3 Å². The molecule has 0 atom stereocenters. The number of carbonyl (C=O) groups excluding carboxylic acids is 1. The fraction of sp³-hybridized carbons (Fsp3) is 0.318. The summed E-state index contributed by atoms with van der Waals surface area (Å²) in [7, 11) is -3.53. The summed E-state index contributed by atoms with van der Waals surface area (Å²) >= 11 is 1.21. The average molecular weight is 486 g/mol. The predicted octanol–water partition coefficient (Wildman–Crippen LogP) is 2.86. The fourth-order valence-electron chi connectivity index (χ4n) is 4.23. The van der Waals surface area contributed by atoms with E-state index in [-0.39, 0.29) is 23.0 Å². The zero-order valence-corrected chi connectivity index (χ0v) is 19.7. The van der Waals surface area contributed by atoms with E-state index in [4.69, 9.17) is 0 Å². The number of aryl methyl sites for hydroxylation is 1. The highest BCUT2D eigenvalue weighted by Gasteiger charge is 2.27. The molecule has 0 radical (unpaired) electrons. The van der Waals surface area contributed by atoms with E-state index in [0.29, 0.717) is 40.5 Å². The monoisotopic (exact) mass is 485 g/mol. The molecule has 1 N–H and O–H groups in total. The lowest BCUT2D eigenvalue weighted by Crippen LogP contribution is -2.29. The molecule has 4 aromatic rings. The first-order valence-electron chi connectivity index (χ1n) is 10.8. The van der Waals surface area contributed by atoms with Gasteiger partial charge in [0.05, 0.1) is 26.1 Å². The van der Waals surface area contributed by atoms with Crippen LogP contribution in [0.4, 0.5) is 5.13 Å². The number of carbonyl (C=O) groups is 1. The molecule has 9 nitrogen and oxygen atoms in total. The van der Waals surface area contributed by atoms with Gasteiger partial charge in [-0.2, -0.15) is 4.31 Å². The Labute approximate surface area is 194 Å². The van der Waals surface area contributed by atoms with Crippen LogP contribution in [0.1, 0.15) is 19.8 Å². The van der Waals surface area contributed by atoms with Crippen LogP contribution in [0.5, 0.6) is 0 Å². The number of hydrogen-bond donors (Lipinski definition) is 1. The minimum absolute atomic E-state index is 0.142. The number of fused-ring (bicyclic) bond motifs is 2. The summed E-state index contributed by atoms with van der Waals surface area (Å²) < 4.78 is 30.9. The maximum atomic E-state index is 12.8. The molecule has 0 saturated carbocycles. The smallest absolute Gasteiger partial charge is 0.300 e. The summed E-state index contributed by atoms with van der Waals surface area (Å²) in [6.45, 7) is 3.33. The van der Waals surface area contributed by atoms with Crippen molar-refractivity contribution in [3.05, 3.63) is 52.9 Å². The molecule has 11 heteroatoms. The summed E-state index contributed by atoms with van der Waals surface area (Å²) in [5.74, 6) is -0.375. The van der Waals surface area contributed by atoms with Crippen LogP contribution in [0.25, 0.3) is 21.3 Å². The van der Waals surface area contributed by atoms with Crippen LogP contribution < -0.4 is 11.0 Å². The Kier molecular flexibility index (Phi) is 5.55. The maximum absolute atomic E-state index is 12.8. The number of thiazole rings is 1. The zero-order valence-electron chi connectivity index (χ0n) is 18.0. The molecule has 172 valence electrons. The first-order chi connectivity index (χ1) is 15.9. The summed E-state index contributed by atoms with van der Waals surface area (Å²) in [5, 5.41) is 3.11. The van der Waals surface area contributed by atoms with Gasteiger partial charge in [0.25, 0.3) is 0 Å². The molecule has 1 aliphatic heterocycles. The highest BCUT2D eigenvalue weighted by molar-refractivity contribution is 7.89. The molecule has 2 aromatic carbocycles. The van der Waals surface area contributed by atoms with Crippen LogP contribution in [-0.2, 0) is 27.9 Å². The summed E-state index contributed by atoms with van der Waals surface area (Å²) in [6.07, 6.45) is 1.75. The van der Waals surface area contributed by atoms with Gasteiger partial charge < -0.3 is 5.32 Å². The third kappa shape index (κ3) is 3.85. The first kappa shape index (κ1) is 21.8. The van der Waals surface area contributed by atoms with E-state index >= 15 is 0 Å². The lowest BCUT2D eigenvalue weighted by Gasteiger charge is -2.15. The van der Waals surface area contributed by atoms with Crippen LogP contribution in [0, 0.1) is 0 Å². The fourth-order valence-corrected chi connectivity index (χ4v) is 6.77. The van der Waals surface area contributed by atoms with E-state index in [2.05, 4.69) is 10.3 Å². The van der Waals surface area contributed by atoms with Crippen molar-refractivity contribution in [2.45, 2.75) is 37.8 Å². The van der Waals surface area contributed by atoms with Crippen molar-refractivity contribution in [2.24, 2.45) is 0 Å². The van der Waals surface area contributed by atoms with Crippen LogP contribution in [0.3, 0.4) is 0 Å². The quantitative estimate of drug-likeness (QED) is 0.452. The van der Waals surface area contributed by atoms with E-state index < -0.39 is 10.0 Å². The van der Waals surface area contributed by atoms with Crippen molar-refractivity contribution in [1.29, 1.82) is 0 Å². The van der Waals surface area contributed by atoms with Crippen LogP contribution in [0.15, 0.2) is 52.2 Å². The molecule has 1 saturated heterocycles. The second kappa shape index (κ2) is 8.40. The second-order valence-electron chi connectivity index (χ2n) is 7.91. The third-order valence-corrected chi connectivity index (χ3v) is 8.68. The zero-order chi connectivity index (χ0) is 23.2. The number of para-hydroxylation sites is 2. The number of aromatic nitrogens is 3. The van der Waals surface area contributed by atoms with E-state index in [1.54, 1.807) is 22.8 Å². The number of benzene rings is 2. The lowest BCUT2D eigenvalue weighted by atomic mass is 10.3. The summed E-state index contributed by atoms with van der Waals surface area (Å²) in [4.78, 5) is 30.1. The third-order valence-electron chi connectivity index (χ3n) is 5.85. The molecule has 0 aliphatic carbocycles. The number of imidazole rings is 1. The van der Waals surface area contributed by atoms with Gasteiger partial charge >= 0.3 is 5.69 Å². The van der Waals surface area contributed by atoms with Crippen LogP contribution in [0.2, 0.25) is 0 Å². The van der Waals surface area contributed by atoms with Gasteiger partial charge in [-0.25, -0.2) is 18.2 Å². The van der Waals surface area contributed by atoms with Crippen LogP contribution in [-0.4, -0.2) is 45.8 Å². The molecule has 0 bridgehead atoms. The molecular weight excluding hydrogens is 462 g/mol. The first-order valence-corrected chi connectivity index (χ1v) is 13.0. The highest BCUT2D eigenvalue weighted by atomic mass is 32.2. The van der Waals surface area contributed by atoms with Crippen molar-refractivity contribution >= 4 is 53.6 Å². The van der Waals surface area contributed by atoms with E-state index in [0.717, 1.165) is 18.4 Å². The predicted molar refractivity (Wildman–Crippen MR) is 128 cm³/mol. The second-order valence-corrected chi connectivity index (χ2v) is 10.9. The Bertz CT molecular complexity index is 1530. The Hall–Kier alpha value is -3.02. The maximum Gasteiger partial charge on any atom is 0.329 e. The van der Waals surface area contributed by atoms with E-state index in [1.807, 2.05) is 31.2 Å². The Morgan fingerprint density at radius 3 is 2.48 bits per heavy atom. The Morgan fingerprint density at radius 2 is 1.79 bits per heavy atom. The summed E-state index contributed by atoms with van der Waals surface area (Å²) in [5.41, 5.74) is 1.84. The van der Waals surface area contributed by atoms with Gasteiger partial charge in [-0.15, -0.1) is 0 Å². The number of hydrogen-bond acceptors (Lipinski definition) is 6. The minimum atomic E-state index is -3.53. The van der Waals surface area contributed by atoms with Gasteiger partial charge in [0.15, 0.2) is 5.13 Å². The molecule has 2 aromatic heterocycles. The molecule has 1 fully saturated rings. The molecule has 33 heavy (non-hydrogen) atoms.